The lowest BCUT2D eigenvalue weighted by Crippen LogP contribution is -2.54. The quantitative estimate of drug-likeness (QED) is 0.101. The van der Waals surface area contributed by atoms with E-state index in [1.54, 1.807) is 38.8 Å². The molecule has 5 aromatic carbocycles. The number of rotatable bonds is 11. The first-order valence-electron chi connectivity index (χ1n) is 50.6. The van der Waals surface area contributed by atoms with E-state index in [9.17, 15) is 54.6 Å². The summed E-state index contributed by atoms with van der Waals surface area (Å²) < 4.78 is 128. The topological polar surface area (TPSA) is 292 Å². The minimum absolute atomic E-state index is 0.0975. The minimum Gasteiger partial charge on any atom is -0.396 e. The molecule has 19 aromatic rings. The average Bonchev–Trinajstić information content (AvgIpc) is 1.62. The van der Waals surface area contributed by atoms with Crippen LogP contribution in [0.3, 0.4) is 0 Å². The number of aryl methyl sites for hydroxylation is 3. The van der Waals surface area contributed by atoms with Crippen LogP contribution in [-0.4, -0.2) is 277 Å². The predicted octanol–water partition coefficient (Wildman–Crippen LogP) is 14.2. The van der Waals surface area contributed by atoms with Crippen LogP contribution >= 0.6 is 0 Å². The number of piperazine rings is 2. The third-order valence-electron chi connectivity index (χ3n) is 29.2. The number of benzene rings is 5. The molecule has 7 aliphatic rings. The van der Waals surface area contributed by atoms with Crippen LogP contribution < -0.4 is 46.3 Å². The summed E-state index contributed by atoms with van der Waals surface area (Å²) >= 11 is 0. The summed E-state index contributed by atoms with van der Waals surface area (Å²) in [5, 5.41) is 18.1. The number of halogens is 8. The number of carbonyl (C=O) groups excluding carboxylic acids is 1. The van der Waals surface area contributed by atoms with Crippen LogP contribution in [0.15, 0.2) is 155 Å². The Morgan fingerprint density at radius 2 is 0.791 bits per heavy atom. The van der Waals surface area contributed by atoms with Crippen molar-refractivity contribution in [2.24, 2.45) is 13.0 Å². The number of hydrogen-bond acceptors (Lipinski definition) is 25. The summed E-state index contributed by atoms with van der Waals surface area (Å²) in [5.41, 5.74) is 13.2. The van der Waals surface area contributed by atoms with Crippen LogP contribution in [0.25, 0.3) is 128 Å². The van der Waals surface area contributed by atoms with Gasteiger partial charge in [-0.15, -0.1) is 0 Å². The number of Topliss-reactive ketones (excluding diaryl/α,β-unsaturated/α-hetero) is 1. The highest BCUT2D eigenvalue weighted by atomic mass is 19.2. The fraction of sp³-hybridized carbons (Fsp3) is 0.380. The van der Waals surface area contributed by atoms with E-state index >= 15 is 0 Å². The highest BCUT2D eigenvalue weighted by Gasteiger charge is 2.34. The average molecular weight is 2020 g/mol. The molecule has 6 fully saturated rings. The number of nitrogens with one attached hydrogen (secondary N) is 2. The highest BCUT2D eigenvalue weighted by Crippen LogP contribution is 2.38. The first-order valence-corrected chi connectivity index (χ1v) is 50.6. The number of aromatic nitrogens is 17. The highest BCUT2D eigenvalue weighted by molar-refractivity contribution is 6.02. The third-order valence-corrected chi connectivity index (χ3v) is 29.2. The van der Waals surface area contributed by atoms with Crippen LogP contribution in [0.1, 0.15) is 87.9 Å². The van der Waals surface area contributed by atoms with Gasteiger partial charge in [-0.1, -0.05) is 6.07 Å². The van der Waals surface area contributed by atoms with E-state index in [1.165, 1.54) is 21.1 Å². The van der Waals surface area contributed by atoms with E-state index < -0.39 is 34.9 Å². The summed E-state index contributed by atoms with van der Waals surface area (Å²) in [7, 11) is 7.95. The Hall–Kier alpha value is -14.6. The van der Waals surface area contributed by atoms with Crippen molar-refractivity contribution < 1.29 is 49.8 Å². The Balaban J connectivity index is 0.000000105. The second kappa shape index (κ2) is 40.3. The first-order chi connectivity index (χ1) is 71.5. The number of ketones is 1. The summed E-state index contributed by atoms with van der Waals surface area (Å²) in [5.74, 6) is -1.06. The van der Waals surface area contributed by atoms with Gasteiger partial charge in [-0.05, 0) is 217 Å². The maximum Gasteiger partial charge on any atom is 0.294 e. The second-order valence-electron chi connectivity index (χ2n) is 40.2. The molecule has 766 valence electrons. The van der Waals surface area contributed by atoms with Crippen molar-refractivity contribution in [3.8, 4) is 5.82 Å². The van der Waals surface area contributed by atoms with Crippen LogP contribution in [-0.2, 0) is 37.6 Å². The number of likely N-dealkylation sites (N-methyl/N-ethyl adjacent to an activating group) is 3. The Bertz CT molecular complexity index is 8580. The van der Waals surface area contributed by atoms with Gasteiger partial charge >= 0.3 is 0 Å². The van der Waals surface area contributed by atoms with Gasteiger partial charge in [0.25, 0.3) is 11.1 Å². The number of aliphatic hydroxyl groups excluding tert-OH is 1. The molecule has 0 saturated carbocycles. The van der Waals surface area contributed by atoms with Crippen LogP contribution in [0.2, 0.25) is 0 Å². The van der Waals surface area contributed by atoms with Gasteiger partial charge in [0, 0.05) is 195 Å². The smallest absolute Gasteiger partial charge is 0.294 e. The van der Waals surface area contributed by atoms with Gasteiger partial charge < -0.3 is 68.8 Å². The van der Waals surface area contributed by atoms with Crippen molar-refractivity contribution in [2.75, 3.05) is 170 Å². The van der Waals surface area contributed by atoms with Gasteiger partial charge in [-0.25, -0.2) is 85.0 Å². The summed E-state index contributed by atoms with van der Waals surface area (Å²) in [4.78, 5) is 104. The van der Waals surface area contributed by atoms with Crippen molar-refractivity contribution in [1.82, 2.24) is 106 Å². The van der Waals surface area contributed by atoms with E-state index in [4.69, 9.17) is 39.6 Å². The molecule has 0 aliphatic carbocycles. The Kier molecular flexibility index (Phi) is 26.7. The molecule has 3 N–H and O–H groups in total. The van der Waals surface area contributed by atoms with Gasteiger partial charge in [0.2, 0.25) is 17.1 Å². The van der Waals surface area contributed by atoms with E-state index in [1.807, 2.05) is 73.7 Å². The molecule has 21 heterocycles. The monoisotopic (exact) mass is 2020 g/mol. The second-order valence-corrected chi connectivity index (χ2v) is 40.2. The predicted molar refractivity (Wildman–Crippen MR) is 559 cm³/mol. The molecule has 26 rings (SSSR count). The number of hydrogen-bond donors (Lipinski definition) is 3. The number of pyridine rings is 5. The van der Waals surface area contributed by atoms with Crippen molar-refractivity contribution in [1.29, 1.82) is 0 Å². The number of imidazole rings is 3. The zero-order valence-corrected chi connectivity index (χ0v) is 83.6. The number of ether oxygens (including phenoxy) is 1. The van der Waals surface area contributed by atoms with Crippen LogP contribution in [0.5, 0.6) is 0 Å². The Labute approximate surface area is 843 Å². The van der Waals surface area contributed by atoms with Gasteiger partial charge in [-0.3, -0.25) is 36.6 Å². The summed E-state index contributed by atoms with van der Waals surface area (Å²) in [6.07, 6.45) is 5.41. The van der Waals surface area contributed by atoms with Gasteiger partial charge in [0.15, 0.2) is 63.3 Å². The third kappa shape index (κ3) is 18.7. The zero-order chi connectivity index (χ0) is 103. The van der Waals surface area contributed by atoms with Crippen molar-refractivity contribution in [2.45, 2.75) is 110 Å². The maximum atomic E-state index is 14.0. The standard InChI is InChI=1S/C24H26FN5O.C23H26FN5O.C21H22F2N6O.C20H20F2N6O.C20H19F2N5O/c1-14-10-29(11-15(2)26-14)23-6-4-19-24(28-23)30-21-5-3-18(25)8-17(21)9-22(30)20(27-19)7-16-12-31-13-16;1-14-12-28(13-15(2)25-14)22-8-6-19-23(27-22)29-20-7-5-17(24)10-16(20)11-21(29)18(26-19)4-3-9-30;1-3-28-16-5-6-18(27-8-4-7-26(2)9-10-27)25-19(16)29-17-12-14(23)13(22)11-15(17)24-20(29)21(28)30;1-25-6-3-7-27(9-8-25)17-5-4-15-18(24-17)28-16-11-13(22)12(21)10-14(16)23-19(28)20(29)26(15)2;1-25-5-2-6-26(8-7-25)18-4-3-12-9-17(28)20-23-15-10-13(21)14(22)11-16(15)27(20)19(12)24-18/h3-6,8-9,14-16,26H,7,10-13H2,1-2H3;5-8,10-11,14-15,25,30H,3-4,9,12-13H2,1-2H3;5-6,11-12H,3-4,7-10H2,1-2H3;4-5,10-11H,3,6-9H2,1-2H3;3-4,10-11H,2,5-9H2,1H3/t2*14-,15+;;;. The van der Waals surface area contributed by atoms with Crippen LogP contribution in [0.4, 0.5) is 64.2 Å². The number of nitrogens with zero attached hydrogens (tertiary/aromatic N) is 25. The number of aliphatic hydroxyl groups is 1. The molecule has 4 atom stereocenters. The van der Waals surface area contributed by atoms with Gasteiger partial charge in [-0.2, -0.15) is 0 Å². The van der Waals surface area contributed by atoms with Crippen LogP contribution in [0, 0.1) is 52.5 Å². The molecule has 0 bridgehead atoms. The molecule has 0 amide bonds. The fourth-order valence-electron chi connectivity index (χ4n) is 21.9. The fourth-order valence-corrected chi connectivity index (χ4v) is 21.9. The molecule has 14 aromatic heterocycles. The SMILES string of the molecule is CCn1c(=O)c2nc3cc(F)c(F)cc3n2c2nc(N3CCCN(C)CC3)ccc21.CN1CCCN(c2ccc3c(n2)-n2c(nc4cc(F)c(F)cc42)C(=O)C3)CC1.CN1CCCN(c2ccc3c(n2)n2c(nc4cc(F)c(F)cc42)c(=O)n3C)CC1.C[C@@H]1CN(c2ccc3nc(CC4COC4)c4cc5cc(F)ccc5n4c3n2)C[C@H](C)N1.C[C@@H]1CN(c2ccc3nc(CCCO)c4cc5cc(F)ccc5n4c3n2)C[C@H](C)N1. The number of fused-ring (bicyclic) bond motifs is 25. The largest absolute Gasteiger partial charge is 0.396 e. The normalized spacial score (nSPS) is 18.5. The lowest BCUT2D eigenvalue weighted by molar-refractivity contribution is -0.0315. The Morgan fingerprint density at radius 3 is 1.28 bits per heavy atom. The molecule has 40 heteroatoms. The zero-order valence-electron chi connectivity index (χ0n) is 83.6. The molecule has 0 radical (unpaired) electrons. The van der Waals surface area contributed by atoms with E-state index in [-0.39, 0.29) is 75.2 Å². The molecular weight excluding hydrogens is 1910 g/mol. The lowest BCUT2D eigenvalue weighted by Gasteiger charge is -2.37. The first kappa shape index (κ1) is 98.1. The van der Waals surface area contributed by atoms with E-state index in [2.05, 4.69) is 135 Å². The van der Waals surface area contributed by atoms with Crippen molar-refractivity contribution in [3.05, 3.63) is 236 Å². The minimum atomic E-state index is -0.996. The molecule has 7 aliphatic heterocycles. The number of carbonyl (C=O) groups is 1. The maximum absolute atomic E-state index is 14.0. The van der Waals surface area contributed by atoms with Crippen molar-refractivity contribution in [3.63, 3.8) is 0 Å². The molecule has 0 spiro atoms. The molecule has 148 heavy (non-hydrogen) atoms. The molecule has 6 saturated heterocycles. The molecular formula is C108H113F8N27O5. The van der Waals surface area contributed by atoms with E-state index in [0.29, 0.717) is 94.2 Å². The number of anilines is 5. The molecule has 32 nitrogen and oxygen atoms in total. The Morgan fingerprint density at radius 1 is 0.372 bits per heavy atom. The van der Waals surface area contributed by atoms with E-state index in [0.717, 1.165) is 281 Å². The summed E-state index contributed by atoms with van der Waals surface area (Å²) in [6, 6.07) is 41.3. The lowest BCUT2D eigenvalue weighted by atomic mass is 10.0. The van der Waals surface area contributed by atoms with Crippen molar-refractivity contribution >= 4 is 157 Å². The molecule has 0 unspecified atom stereocenters. The summed E-state index contributed by atoms with van der Waals surface area (Å²) in [6.45, 7) is 27.5. The van der Waals surface area contributed by atoms with Gasteiger partial charge in [0.05, 0.1) is 90.8 Å². The van der Waals surface area contributed by atoms with Gasteiger partial charge in [0.1, 0.15) is 57.6 Å².